The minimum absolute atomic E-state index is 0.0248. The fraction of sp³-hybridized carbons (Fsp3) is 0. The van der Waals surface area contributed by atoms with Crippen molar-refractivity contribution in [3.05, 3.63) is 63.0 Å². The molecule has 0 radical (unpaired) electrons. The Bertz CT molecular complexity index is 719. The van der Waals surface area contributed by atoms with Crippen LogP contribution < -0.4 is 10.9 Å². The third kappa shape index (κ3) is 3.04. The van der Waals surface area contributed by atoms with Crippen LogP contribution in [0.1, 0.15) is 20.7 Å². The second-order valence-electron chi connectivity index (χ2n) is 3.90. The molecule has 102 valence electrons. The number of amides is 1. The van der Waals surface area contributed by atoms with Crippen molar-refractivity contribution in [2.24, 2.45) is 0 Å². The number of carbonyl (C=O) groups excluding carboxylic acids is 1. The Morgan fingerprint density at radius 1 is 1.20 bits per heavy atom. The van der Waals surface area contributed by atoms with Crippen molar-refractivity contribution in [3.8, 4) is 0 Å². The van der Waals surface area contributed by atoms with Crippen LogP contribution in [-0.4, -0.2) is 22.0 Å². The molecule has 1 aromatic carbocycles. The zero-order valence-electron chi connectivity index (χ0n) is 10.0. The van der Waals surface area contributed by atoms with Crippen LogP contribution >= 0.6 is 11.6 Å². The van der Waals surface area contributed by atoms with Gasteiger partial charge in [0.25, 0.3) is 5.91 Å². The highest BCUT2D eigenvalue weighted by Gasteiger charge is 2.11. The van der Waals surface area contributed by atoms with E-state index in [2.05, 4.69) is 10.3 Å². The number of halogens is 1. The highest BCUT2D eigenvalue weighted by Crippen LogP contribution is 2.21. The first-order valence-corrected chi connectivity index (χ1v) is 5.88. The van der Waals surface area contributed by atoms with Crippen LogP contribution in [0.4, 0.5) is 5.69 Å². The Balaban J connectivity index is 2.20. The maximum Gasteiger partial charge on any atom is 0.337 e. The number of aromatic carboxylic acids is 1. The molecule has 0 fully saturated rings. The summed E-state index contributed by atoms with van der Waals surface area (Å²) in [5, 5.41) is 11.4. The predicted octanol–water partition coefficient (Wildman–Crippen LogP) is 1.98. The summed E-state index contributed by atoms with van der Waals surface area (Å²) >= 11 is 5.79. The van der Waals surface area contributed by atoms with Gasteiger partial charge in [-0.1, -0.05) is 11.6 Å². The number of benzene rings is 1. The van der Waals surface area contributed by atoms with Gasteiger partial charge in [-0.05, 0) is 24.3 Å². The van der Waals surface area contributed by atoms with Crippen molar-refractivity contribution in [2.75, 3.05) is 5.32 Å². The lowest BCUT2D eigenvalue weighted by atomic mass is 10.2. The molecule has 0 bridgehead atoms. The summed E-state index contributed by atoms with van der Waals surface area (Å²) in [6.45, 7) is 0. The van der Waals surface area contributed by atoms with E-state index in [0.717, 1.165) is 0 Å². The van der Waals surface area contributed by atoms with Gasteiger partial charge in [-0.25, -0.2) is 4.79 Å². The molecule has 0 atom stereocenters. The van der Waals surface area contributed by atoms with E-state index in [1.807, 2.05) is 0 Å². The molecule has 0 spiro atoms. The van der Waals surface area contributed by atoms with Crippen LogP contribution in [0, 0.1) is 0 Å². The largest absolute Gasteiger partial charge is 0.478 e. The molecule has 6 nitrogen and oxygen atoms in total. The number of pyridine rings is 1. The van der Waals surface area contributed by atoms with Crippen LogP contribution in [0.5, 0.6) is 0 Å². The number of rotatable bonds is 3. The topological polar surface area (TPSA) is 99.3 Å². The van der Waals surface area contributed by atoms with E-state index < -0.39 is 11.9 Å². The number of nitrogens with one attached hydrogen (secondary N) is 2. The van der Waals surface area contributed by atoms with Crippen molar-refractivity contribution < 1.29 is 14.7 Å². The standard InChI is InChI=1S/C13H9ClN2O4/c14-10-5-8(2-3-9(10)13(19)20)16-12(18)7-1-4-11(17)15-6-7/h1-6H,(H,15,17)(H,16,18)(H,19,20). The lowest BCUT2D eigenvalue weighted by Gasteiger charge is -2.06. The third-order valence-electron chi connectivity index (χ3n) is 2.50. The highest BCUT2D eigenvalue weighted by molar-refractivity contribution is 6.33. The Hall–Kier alpha value is -2.60. The number of anilines is 1. The van der Waals surface area contributed by atoms with Gasteiger partial charge in [0.1, 0.15) is 0 Å². The van der Waals surface area contributed by atoms with E-state index in [4.69, 9.17) is 16.7 Å². The number of aromatic amines is 1. The van der Waals surface area contributed by atoms with Gasteiger partial charge in [-0.2, -0.15) is 0 Å². The van der Waals surface area contributed by atoms with Crippen molar-refractivity contribution in [1.29, 1.82) is 0 Å². The van der Waals surface area contributed by atoms with Crippen LogP contribution in [0.25, 0.3) is 0 Å². The van der Waals surface area contributed by atoms with Crippen molar-refractivity contribution in [1.82, 2.24) is 4.98 Å². The lowest BCUT2D eigenvalue weighted by molar-refractivity contribution is 0.0697. The fourth-order valence-corrected chi connectivity index (χ4v) is 1.78. The predicted molar refractivity (Wildman–Crippen MR) is 73.4 cm³/mol. The SMILES string of the molecule is O=C(Nc1ccc(C(=O)O)c(Cl)c1)c1ccc(=O)[nH]c1. The molecule has 3 N–H and O–H groups in total. The van der Waals surface area contributed by atoms with Crippen LogP contribution in [0.15, 0.2) is 41.3 Å². The van der Waals surface area contributed by atoms with Gasteiger partial charge in [0.05, 0.1) is 16.1 Å². The Kier molecular flexibility index (Phi) is 3.86. The smallest absolute Gasteiger partial charge is 0.337 e. The summed E-state index contributed by atoms with van der Waals surface area (Å²) in [6, 6.07) is 6.68. The van der Waals surface area contributed by atoms with Gasteiger partial charge in [-0.15, -0.1) is 0 Å². The summed E-state index contributed by atoms with van der Waals surface area (Å²) in [7, 11) is 0. The number of hydrogen-bond acceptors (Lipinski definition) is 3. The third-order valence-corrected chi connectivity index (χ3v) is 2.82. The summed E-state index contributed by atoms with van der Waals surface area (Å²) < 4.78 is 0. The van der Waals surface area contributed by atoms with Crippen molar-refractivity contribution in [2.45, 2.75) is 0 Å². The monoisotopic (exact) mass is 292 g/mol. The molecule has 7 heteroatoms. The summed E-state index contributed by atoms with van der Waals surface area (Å²) in [5.41, 5.74) is 0.267. The minimum Gasteiger partial charge on any atom is -0.478 e. The van der Waals surface area contributed by atoms with Gasteiger partial charge in [0.15, 0.2) is 0 Å². The molecule has 20 heavy (non-hydrogen) atoms. The zero-order chi connectivity index (χ0) is 14.7. The lowest BCUT2D eigenvalue weighted by Crippen LogP contribution is -2.14. The molecule has 0 saturated heterocycles. The molecular formula is C13H9ClN2O4. The quantitative estimate of drug-likeness (QED) is 0.805. The van der Waals surface area contributed by atoms with E-state index in [0.29, 0.717) is 5.69 Å². The Labute approximate surface area is 118 Å². The number of carboxylic acid groups (broad SMARTS) is 1. The van der Waals surface area contributed by atoms with Gasteiger partial charge in [0.2, 0.25) is 5.56 Å². The van der Waals surface area contributed by atoms with E-state index in [-0.39, 0.29) is 21.7 Å². The molecule has 0 saturated carbocycles. The zero-order valence-corrected chi connectivity index (χ0v) is 10.8. The van der Waals surface area contributed by atoms with Gasteiger partial charge >= 0.3 is 5.97 Å². The molecule has 0 aliphatic rings. The first-order chi connectivity index (χ1) is 9.47. The molecule has 1 amide bonds. The maximum atomic E-state index is 11.9. The van der Waals surface area contributed by atoms with Crippen LogP contribution in [0.2, 0.25) is 5.02 Å². The highest BCUT2D eigenvalue weighted by atomic mass is 35.5. The first-order valence-electron chi connectivity index (χ1n) is 5.50. The molecule has 0 aliphatic heterocycles. The Morgan fingerprint density at radius 3 is 2.50 bits per heavy atom. The van der Waals surface area contributed by atoms with Gasteiger partial charge in [0, 0.05) is 18.0 Å². The first kappa shape index (κ1) is 13.8. The number of aromatic nitrogens is 1. The summed E-state index contributed by atoms with van der Waals surface area (Å²) in [6.07, 6.45) is 1.28. The summed E-state index contributed by atoms with van der Waals surface area (Å²) in [5.74, 6) is -1.59. The normalized spacial score (nSPS) is 10.1. The fourth-order valence-electron chi connectivity index (χ4n) is 1.52. The number of carboxylic acids is 1. The van der Waals surface area contributed by atoms with E-state index in [1.165, 1.54) is 36.5 Å². The van der Waals surface area contributed by atoms with Crippen LogP contribution in [0.3, 0.4) is 0 Å². The molecule has 2 rings (SSSR count). The van der Waals surface area contributed by atoms with Crippen molar-refractivity contribution >= 4 is 29.2 Å². The van der Waals surface area contributed by atoms with Crippen molar-refractivity contribution in [3.63, 3.8) is 0 Å². The van der Waals surface area contributed by atoms with E-state index >= 15 is 0 Å². The molecule has 2 aromatic rings. The molecule has 0 unspecified atom stereocenters. The van der Waals surface area contributed by atoms with E-state index in [1.54, 1.807) is 0 Å². The second-order valence-corrected chi connectivity index (χ2v) is 4.30. The number of hydrogen-bond donors (Lipinski definition) is 3. The van der Waals surface area contributed by atoms with Gasteiger partial charge in [-0.3, -0.25) is 9.59 Å². The molecule has 1 heterocycles. The Morgan fingerprint density at radius 2 is 1.95 bits per heavy atom. The van der Waals surface area contributed by atoms with Gasteiger partial charge < -0.3 is 15.4 Å². The average Bonchev–Trinajstić information content (AvgIpc) is 2.39. The second kappa shape index (κ2) is 5.58. The molecule has 1 aromatic heterocycles. The number of carbonyl (C=O) groups is 2. The minimum atomic E-state index is -1.14. The van der Waals surface area contributed by atoms with Crippen LogP contribution in [-0.2, 0) is 0 Å². The molecular weight excluding hydrogens is 284 g/mol. The summed E-state index contributed by atoms with van der Waals surface area (Å²) in [4.78, 5) is 35.9. The average molecular weight is 293 g/mol. The molecule has 0 aliphatic carbocycles. The maximum absolute atomic E-state index is 11.9. The van der Waals surface area contributed by atoms with E-state index in [9.17, 15) is 14.4 Å². The number of H-pyrrole nitrogens is 1.